The quantitative estimate of drug-likeness (QED) is 0.161. The van der Waals surface area contributed by atoms with Crippen LogP contribution >= 0.6 is 0 Å². The van der Waals surface area contributed by atoms with Crippen molar-refractivity contribution >= 4 is 43.2 Å². The summed E-state index contributed by atoms with van der Waals surface area (Å²) in [4.78, 5) is 0. The van der Waals surface area contributed by atoms with Crippen molar-refractivity contribution in [1.29, 1.82) is 0 Å². The highest BCUT2D eigenvalue weighted by Gasteiger charge is 2.44. The average Bonchev–Trinajstić information content (AvgIpc) is 3.55. The molecule has 0 bridgehead atoms. The second-order valence-corrected chi connectivity index (χ2v) is 17.2. The molecule has 1 heteroatoms. The van der Waals surface area contributed by atoms with Crippen molar-refractivity contribution in [2.45, 2.75) is 51.4 Å². The van der Waals surface area contributed by atoms with Crippen molar-refractivity contribution in [3.63, 3.8) is 0 Å². The van der Waals surface area contributed by atoms with Gasteiger partial charge in [0.2, 0.25) is 0 Å². The maximum atomic E-state index is 2.55. The van der Waals surface area contributed by atoms with Crippen LogP contribution in [-0.2, 0) is 10.8 Å². The third-order valence-electron chi connectivity index (χ3n) is 12.9. The van der Waals surface area contributed by atoms with Crippen molar-refractivity contribution in [3.8, 4) is 39.1 Å². The van der Waals surface area contributed by atoms with E-state index in [1.807, 2.05) is 0 Å². The number of fused-ring (bicyclic) bond motifs is 8. The topological polar surface area (TPSA) is 4.93 Å². The lowest BCUT2D eigenvalue weighted by Gasteiger charge is -2.42. The summed E-state index contributed by atoms with van der Waals surface area (Å²) in [5.41, 5.74) is 15.5. The monoisotopic (exact) mass is 705 g/mol. The Labute approximate surface area is 323 Å². The van der Waals surface area contributed by atoms with Gasteiger partial charge in [-0.2, -0.15) is 0 Å². The SMILES string of the molecule is Cc1ccc(-c2cc(-c3ccc(-n4c5c(c6ccccc64)-c4ccccc4C4(C)C=CC=CC54)cc3)c3ccc4cc(C(C)(C)C)cc5ccc2c3c54)cc1. The summed E-state index contributed by atoms with van der Waals surface area (Å²) in [6, 6.07) is 53.2. The zero-order valence-corrected chi connectivity index (χ0v) is 32.1. The van der Waals surface area contributed by atoms with E-state index in [1.165, 1.54) is 105 Å². The summed E-state index contributed by atoms with van der Waals surface area (Å²) in [7, 11) is 0. The number of rotatable bonds is 3. The molecule has 0 N–H and O–H groups in total. The molecule has 2 unspecified atom stereocenters. The van der Waals surface area contributed by atoms with Crippen molar-refractivity contribution < 1.29 is 0 Å². The first-order chi connectivity index (χ1) is 26.7. The summed E-state index contributed by atoms with van der Waals surface area (Å²) in [5, 5.41) is 9.26. The highest BCUT2D eigenvalue weighted by molar-refractivity contribution is 6.28. The fourth-order valence-electron chi connectivity index (χ4n) is 10.0. The summed E-state index contributed by atoms with van der Waals surface area (Å²) >= 11 is 0. The normalized spacial score (nSPS) is 17.7. The molecule has 0 radical (unpaired) electrons. The molecule has 2 aliphatic carbocycles. The number of hydrogen-bond donors (Lipinski definition) is 0. The Balaban J connectivity index is 1.15. The second-order valence-electron chi connectivity index (χ2n) is 17.2. The van der Waals surface area contributed by atoms with Gasteiger partial charge in [-0.1, -0.05) is 173 Å². The van der Waals surface area contributed by atoms with E-state index in [-0.39, 0.29) is 16.7 Å². The third-order valence-corrected chi connectivity index (χ3v) is 12.9. The van der Waals surface area contributed by atoms with Gasteiger partial charge in [-0.15, -0.1) is 0 Å². The zero-order chi connectivity index (χ0) is 37.2. The lowest BCUT2D eigenvalue weighted by Crippen LogP contribution is -2.33. The minimum atomic E-state index is -0.133. The largest absolute Gasteiger partial charge is 0.312 e. The maximum absolute atomic E-state index is 2.55. The molecule has 0 spiro atoms. The van der Waals surface area contributed by atoms with Crippen LogP contribution in [0.4, 0.5) is 0 Å². The Morgan fingerprint density at radius 2 is 1.22 bits per heavy atom. The van der Waals surface area contributed by atoms with Crippen molar-refractivity contribution in [1.82, 2.24) is 4.57 Å². The van der Waals surface area contributed by atoms with Crippen molar-refractivity contribution in [3.05, 3.63) is 186 Å². The third kappa shape index (κ3) is 4.59. The average molecular weight is 706 g/mol. The van der Waals surface area contributed by atoms with Gasteiger partial charge in [-0.25, -0.2) is 0 Å². The summed E-state index contributed by atoms with van der Waals surface area (Å²) < 4.78 is 2.55. The Hall–Kier alpha value is -6.18. The highest BCUT2D eigenvalue weighted by Crippen LogP contribution is 2.56. The molecule has 1 nitrogen and oxygen atoms in total. The molecule has 0 saturated heterocycles. The second kappa shape index (κ2) is 11.4. The molecule has 0 aliphatic heterocycles. The van der Waals surface area contributed by atoms with Crippen LogP contribution in [-0.4, -0.2) is 4.57 Å². The minimum absolute atomic E-state index is 0.0701. The van der Waals surface area contributed by atoms with Crippen LogP contribution < -0.4 is 0 Å². The van der Waals surface area contributed by atoms with Gasteiger partial charge in [0.15, 0.2) is 0 Å². The predicted molar refractivity (Wildman–Crippen MR) is 235 cm³/mol. The van der Waals surface area contributed by atoms with Gasteiger partial charge >= 0.3 is 0 Å². The first-order valence-electron chi connectivity index (χ1n) is 19.7. The first kappa shape index (κ1) is 32.3. The van der Waals surface area contributed by atoms with Crippen molar-refractivity contribution in [2.24, 2.45) is 0 Å². The standard InChI is InChI=1S/C54H43N/c1-33-17-19-34(20-18-33)44-32-45(41-28-24-37-31-38(53(2,3)4)30-36-23-27-40(44)50(41)49(36)37)35-21-25-39(26-22-35)55-48-16-9-7-13-43(48)51-42-12-6-8-14-46(42)54(5)29-11-10-15-47(54)52(51)55/h6-32,47H,1-5H3. The van der Waals surface area contributed by atoms with Crippen LogP contribution in [0.25, 0.3) is 82.3 Å². The van der Waals surface area contributed by atoms with Gasteiger partial charge in [0.05, 0.1) is 5.52 Å². The number of para-hydroxylation sites is 1. The molecule has 11 rings (SSSR count). The van der Waals surface area contributed by atoms with Gasteiger partial charge in [-0.3, -0.25) is 0 Å². The number of allylic oxidation sites excluding steroid dienone is 4. The van der Waals surface area contributed by atoms with E-state index in [0.29, 0.717) is 0 Å². The summed E-state index contributed by atoms with van der Waals surface area (Å²) in [5.74, 6) is 0.211. The fourth-order valence-corrected chi connectivity index (χ4v) is 10.0. The minimum Gasteiger partial charge on any atom is -0.312 e. The molecule has 0 saturated carbocycles. The van der Waals surface area contributed by atoms with Gasteiger partial charge < -0.3 is 4.57 Å². The Bertz CT molecular complexity index is 3050. The lowest BCUT2D eigenvalue weighted by atomic mass is 9.62. The summed E-state index contributed by atoms with van der Waals surface area (Å²) in [6.45, 7) is 11.5. The van der Waals surface area contributed by atoms with Crippen LogP contribution in [0.5, 0.6) is 0 Å². The molecule has 0 amide bonds. The predicted octanol–water partition coefficient (Wildman–Crippen LogP) is 14.6. The molecular weight excluding hydrogens is 663 g/mol. The molecule has 2 aliphatic rings. The molecule has 264 valence electrons. The van der Waals surface area contributed by atoms with E-state index < -0.39 is 0 Å². The molecule has 1 heterocycles. The lowest BCUT2D eigenvalue weighted by molar-refractivity contribution is 0.505. The van der Waals surface area contributed by atoms with E-state index in [1.54, 1.807) is 0 Å². The first-order valence-corrected chi connectivity index (χ1v) is 19.7. The zero-order valence-electron chi connectivity index (χ0n) is 32.1. The molecular formula is C54H43N. The maximum Gasteiger partial charge on any atom is 0.0538 e. The van der Waals surface area contributed by atoms with E-state index in [9.17, 15) is 0 Å². The number of aromatic nitrogens is 1. The molecule has 2 atom stereocenters. The van der Waals surface area contributed by atoms with Gasteiger partial charge in [0, 0.05) is 33.7 Å². The molecule has 0 fully saturated rings. The Morgan fingerprint density at radius 3 is 1.91 bits per heavy atom. The smallest absolute Gasteiger partial charge is 0.0538 e. The summed E-state index contributed by atoms with van der Waals surface area (Å²) in [6.07, 6.45) is 9.29. The molecule has 55 heavy (non-hydrogen) atoms. The van der Waals surface area contributed by atoms with E-state index in [2.05, 4.69) is 203 Å². The van der Waals surface area contributed by atoms with Crippen LogP contribution in [0.15, 0.2) is 164 Å². The fraction of sp³-hybridized carbons (Fsp3) is 0.148. The number of nitrogens with zero attached hydrogens (tertiary/aromatic N) is 1. The van der Waals surface area contributed by atoms with Crippen molar-refractivity contribution in [2.75, 3.05) is 0 Å². The number of benzene rings is 8. The van der Waals surface area contributed by atoms with E-state index in [4.69, 9.17) is 0 Å². The van der Waals surface area contributed by atoms with Gasteiger partial charge in [-0.05, 0) is 108 Å². The van der Waals surface area contributed by atoms with Gasteiger partial charge in [0.25, 0.3) is 0 Å². The molecule has 8 aromatic carbocycles. The molecule has 9 aromatic rings. The van der Waals surface area contributed by atoms with Gasteiger partial charge in [0.1, 0.15) is 0 Å². The van der Waals surface area contributed by atoms with E-state index in [0.717, 1.165) is 0 Å². The number of aryl methyl sites for hydroxylation is 1. The van der Waals surface area contributed by atoms with Crippen LogP contribution in [0.3, 0.4) is 0 Å². The van der Waals surface area contributed by atoms with Crippen LogP contribution in [0.2, 0.25) is 0 Å². The highest BCUT2D eigenvalue weighted by atomic mass is 15.0. The Kier molecular flexibility index (Phi) is 6.70. The number of hydrogen-bond acceptors (Lipinski definition) is 0. The van der Waals surface area contributed by atoms with Crippen LogP contribution in [0.1, 0.15) is 56.0 Å². The Morgan fingerprint density at radius 1 is 0.582 bits per heavy atom. The van der Waals surface area contributed by atoms with Crippen LogP contribution in [0, 0.1) is 6.92 Å². The van der Waals surface area contributed by atoms with E-state index >= 15 is 0 Å². The molecule has 1 aromatic heterocycles.